The molecule has 9 nitrogen and oxygen atoms in total. The number of ether oxygens (including phenoxy) is 6. The molecule has 236 valence electrons. The van der Waals surface area contributed by atoms with Crippen molar-refractivity contribution in [3.63, 3.8) is 0 Å². The Balaban J connectivity index is 1.05. The van der Waals surface area contributed by atoms with E-state index in [0.717, 1.165) is 45.8 Å². The summed E-state index contributed by atoms with van der Waals surface area (Å²) in [5.41, 5.74) is 4.25. The van der Waals surface area contributed by atoms with Crippen LogP contribution >= 0.6 is 11.3 Å². The molecule has 10 heteroatoms. The second-order valence-electron chi connectivity index (χ2n) is 10.3. The molecule has 0 aliphatic carbocycles. The van der Waals surface area contributed by atoms with Crippen LogP contribution in [0.5, 0.6) is 34.5 Å². The average molecular weight is 639 g/mol. The lowest BCUT2D eigenvalue weighted by molar-refractivity contribution is 0.258. The van der Waals surface area contributed by atoms with Gasteiger partial charge in [-0.1, -0.05) is 29.4 Å². The van der Waals surface area contributed by atoms with E-state index in [4.69, 9.17) is 37.9 Å². The molecule has 0 aliphatic rings. The van der Waals surface area contributed by atoms with E-state index >= 15 is 0 Å². The summed E-state index contributed by atoms with van der Waals surface area (Å²) in [4.78, 5) is 4.76. The lowest BCUT2D eigenvalue weighted by Gasteiger charge is -2.13. The first-order valence-electron chi connectivity index (χ1n) is 14.8. The van der Waals surface area contributed by atoms with Gasteiger partial charge in [0.25, 0.3) is 0 Å². The van der Waals surface area contributed by atoms with Crippen LogP contribution in [-0.2, 0) is 0 Å². The number of thiazole rings is 1. The molecule has 6 aromatic rings. The zero-order chi connectivity index (χ0) is 31.9. The number of rotatable bonds is 14. The predicted octanol–water partition coefficient (Wildman–Crippen LogP) is 8.56. The summed E-state index contributed by atoms with van der Waals surface area (Å²) in [6.07, 6.45) is 1.63. The van der Waals surface area contributed by atoms with Gasteiger partial charge in [-0.25, -0.2) is 4.98 Å². The Labute approximate surface area is 271 Å². The zero-order valence-corrected chi connectivity index (χ0v) is 26.9. The highest BCUT2D eigenvalue weighted by Gasteiger charge is 2.18. The minimum atomic E-state index is 0.502. The monoisotopic (exact) mass is 638 g/mol. The molecular weight excluding hydrogens is 604 g/mol. The van der Waals surface area contributed by atoms with Crippen molar-refractivity contribution in [3.8, 4) is 67.6 Å². The Morgan fingerprint density at radius 3 is 2.11 bits per heavy atom. The molecule has 0 unspecified atom stereocenters. The smallest absolute Gasteiger partial charge is 0.203 e. The molecule has 0 bridgehead atoms. The third-order valence-electron chi connectivity index (χ3n) is 7.36. The first-order chi connectivity index (χ1) is 22.6. The standard InChI is InChI=1S/C36H34N2O7S/c1-39-29-15-14-23(30-22-28(38-45-30)25-20-32(40-2)35(42-4)33(21-25)41-3)19-31(29)44-17-8-7-16-43-26-11-9-10-24(18-26)36-37-27-12-5-6-13-34(27)46-36/h5-6,9-15,18-22H,7-8,16-17H2,1-4H3. The van der Waals surface area contributed by atoms with E-state index in [1.54, 1.807) is 39.8 Å². The van der Waals surface area contributed by atoms with E-state index in [9.17, 15) is 0 Å². The van der Waals surface area contributed by atoms with Crippen LogP contribution in [0.3, 0.4) is 0 Å². The predicted molar refractivity (Wildman–Crippen MR) is 179 cm³/mol. The second-order valence-corrected chi connectivity index (χ2v) is 11.3. The number of fused-ring (bicyclic) bond motifs is 1. The largest absolute Gasteiger partial charge is 0.494 e. The number of unbranched alkanes of at least 4 members (excludes halogenated alkanes) is 1. The summed E-state index contributed by atoms with van der Waals surface area (Å²) in [7, 11) is 6.34. The Bertz CT molecular complexity index is 1880. The summed E-state index contributed by atoms with van der Waals surface area (Å²) in [5.74, 6) is 4.24. The fourth-order valence-electron chi connectivity index (χ4n) is 5.01. The third kappa shape index (κ3) is 6.72. The van der Waals surface area contributed by atoms with Crippen molar-refractivity contribution in [1.82, 2.24) is 10.1 Å². The van der Waals surface area contributed by atoms with E-state index in [1.807, 2.05) is 72.8 Å². The number of benzene rings is 4. The van der Waals surface area contributed by atoms with E-state index < -0.39 is 0 Å². The highest BCUT2D eigenvalue weighted by Crippen LogP contribution is 2.42. The van der Waals surface area contributed by atoms with Crippen molar-refractivity contribution in [2.24, 2.45) is 0 Å². The van der Waals surface area contributed by atoms with E-state index in [1.165, 1.54) is 4.70 Å². The first kappa shape index (κ1) is 30.8. The van der Waals surface area contributed by atoms with Gasteiger partial charge in [0.05, 0.1) is 51.9 Å². The van der Waals surface area contributed by atoms with Crippen molar-refractivity contribution in [2.75, 3.05) is 41.7 Å². The van der Waals surface area contributed by atoms with Crippen LogP contribution in [0.4, 0.5) is 0 Å². The molecule has 2 aromatic heterocycles. The fraction of sp³-hybridized carbons (Fsp3) is 0.222. The minimum absolute atomic E-state index is 0.502. The quantitative estimate of drug-likeness (QED) is 0.109. The molecule has 0 atom stereocenters. The van der Waals surface area contributed by atoms with Crippen LogP contribution in [0.15, 0.2) is 89.5 Å². The Morgan fingerprint density at radius 1 is 0.630 bits per heavy atom. The minimum Gasteiger partial charge on any atom is -0.494 e. The van der Waals surface area contributed by atoms with Crippen molar-refractivity contribution in [3.05, 3.63) is 84.9 Å². The molecule has 46 heavy (non-hydrogen) atoms. The molecule has 0 saturated heterocycles. The van der Waals surface area contributed by atoms with Crippen molar-refractivity contribution in [2.45, 2.75) is 12.8 Å². The van der Waals surface area contributed by atoms with Crippen molar-refractivity contribution < 1.29 is 32.9 Å². The number of methoxy groups -OCH3 is 4. The highest BCUT2D eigenvalue weighted by atomic mass is 32.1. The summed E-state index contributed by atoms with van der Waals surface area (Å²) < 4.78 is 41.0. The molecule has 0 spiro atoms. The van der Waals surface area contributed by atoms with Gasteiger partial charge in [-0.05, 0) is 67.4 Å². The summed E-state index contributed by atoms with van der Waals surface area (Å²) in [6.45, 7) is 1.08. The number of hydrogen-bond acceptors (Lipinski definition) is 10. The normalized spacial score (nSPS) is 11.0. The number of aromatic nitrogens is 2. The van der Waals surface area contributed by atoms with E-state index in [2.05, 4.69) is 17.3 Å². The molecule has 0 radical (unpaired) electrons. The van der Waals surface area contributed by atoms with Crippen LogP contribution in [0.1, 0.15) is 12.8 Å². The van der Waals surface area contributed by atoms with Gasteiger partial charge >= 0.3 is 0 Å². The van der Waals surface area contributed by atoms with Gasteiger partial charge in [0, 0.05) is 22.8 Å². The number of para-hydroxylation sites is 1. The lowest BCUT2D eigenvalue weighted by Crippen LogP contribution is -2.03. The SMILES string of the molecule is COc1ccc(-c2cc(-c3cc(OC)c(OC)c(OC)c3)no2)cc1OCCCCOc1cccc(-c2nc3ccccc3s2)c1. The topological polar surface area (TPSA) is 94.3 Å². The Kier molecular flexibility index (Phi) is 9.54. The molecular formula is C36H34N2O7S. The maximum Gasteiger partial charge on any atom is 0.203 e. The van der Waals surface area contributed by atoms with Gasteiger partial charge in [-0.2, -0.15) is 0 Å². The summed E-state index contributed by atoms with van der Waals surface area (Å²) >= 11 is 1.68. The van der Waals surface area contributed by atoms with Gasteiger partial charge < -0.3 is 32.9 Å². The van der Waals surface area contributed by atoms with Gasteiger partial charge in [0.1, 0.15) is 16.5 Å². The molecule has 0 fully saturated rings. The summed E-state index contributed by atoms with van der Waals surface area (Å²) in [5, 5.41) is 5.26. The van der Waals surface area contributed by atoms with Gasteiger partial charge in [0.15, 0.2) is 28.8 Å². The van der Waals surface area contributed by atoms with Crippen LogP contribution in [0.2, 0.25) is 0 Å². The Hall–Kier alpha value is -5.22. The highest BCUT2D eigenvalue weighted by molar-refractivity contribution is 7.21. The maximum atomic E-state index is 6.13. The van der Waals surface area contributed by atoms with E-state index in [-0.39, 0.29) is 0 Å². The molecule has 4 aromatic carbocycles. The molecule has 0 saturated carbocycles. The van der Waals surface area contributed by atoms with Gasteiger partial charge in [-0.3, -0.25) is 0 Å². The molecule has 2 heterocycles. The van der Waals surface area contributed by atoms with E-state index in [0.29, 0.717) is 53.4 Å². The fourth-order valence-corrected chi connectivity index (χ4v) is 5.97. The van der Waals surface area contributed by atoms with Crippen LogP contribution in [0, 0.1) is 0 Å². The third-order valence-corrected chi connectivity index (χ3v) is 8.44. The zero-order valence-electron chi connectivity index (χ0n) is 26.1. The van der Waals surface area contributed by atoms with Crippen LogP contribution < -0.4 is 28.4 Å². The van der Waals surface area contributed by atoms with Crippen LogP contribution in [0.25, 0.3) is 43.4 Å². The number of hydrogen-bond donors (Lipinski definition) is 0. The van der Waals surface area contributed by atoms with Gasteiger partial charge in [-0.15, -0.1) is 11.3 Å². The molecule has 6 rings (SSSR count). The average Bonchev–Trinajstić information content (AvgIpc) is 3.77. The lowest BCUT2D eigenvalue weighted by atomic mass is 10.1. The van der Waals surface area contributed by atoms with Crippen molar-refractivity contribution in [1.29, 1.82) is 0 Å². The number of nitrogens with zero attached hydrogens (tertiary/aromatic N) is 2. The summed E-state index contributed by atoms with van der Waals surface area (Å²) in [6, 6.07) is 27.4. The first-order valence-corrected chi connectivity index (χ1v) is 15.6. The molecule has 0 aliphatic heterocycles. The maximum absolute atomic E-state index is 6.13. The molecule has 0 amide bonds. The molecule has 0 N–H and O–H groups in total. The van der Waals surface area contributed by atoms with Crippen molar-refractivity contribution >= 4 is 21.6 Å². The second kappa shape index (κ2) is 14.3. The Morgan fingerprint density at radius 2 is 1.37 bits per heavy atom. The van der Waals surface area contributed by atoms with Gasteiger partial charge in [0.2, 0.25) is 5.75 Å². The van der Waals surface area contributed by atoms with Crippen LogP contribution in [-0.4, -0.2) is 51.8 Å².